The summed E-state index contributed by atoms with van der Waals surface area (Å²) in [7, 11) is -10.2. The maximum Gasteiger partial charge on any atom is 0.605 e. The lowest BCUT2D eigenvalue weighted by Gasteiger charge is -2.46. The zero-order valence-electron chi connectivity index (χ0n) is 19.1. The highest BCUT2D eigenvalue weighted by Gasteiger charge is 2.57. The molecule has 12 heteroatoms. The molecule has 0 spiro atoms. The number of urea groups is 1. The predicted molar refractivity (Wildman–Crippen MR) is 121 cm³/mol. The van der Waals surface area contributed by atoms with Gasteiger partial charge in [0, 0.05) is 5.57 Å². The van der Waals surface area contributed by atoms with Gasteiger partial charge in [0.25, 0.3) is 0 Å². The molecular weight excluding hydrogens is 429 g/mol. The Morgan fingerprint density at radius 3 is 1.46 bits per heavy atom. The van der Waals surface area contributed by atoms with Crippen LogP contribution in [0.1, 0.15) is 6.92 Å². The summed E-state index contributed by atoms with van der Waals surface area (Å²) < 4.78 is 25.9. The number of ether oxygens (including phenoxy) is 1. The average Bonchev–Trinajstić information content (AvgIpc) is 2.35. The number of nitrogens with two attached hydrogens (primary N) is 1. The molecule has 164 valence electrons. The van der Waals surface area contributed by atoms with E-state index in [4.69, 9.17) is 22.8 Å². The summed E-state index contributed by atoms with van der Waals surface area (Å²) in [4.78, 5) is 24.2. The molecule has 0 aliphatic carbocycles. The van der Waals surface area contributed by atoms with Crippen LogP contribution in [0.4, 0.5) is 4.79 Å². The van der Waals surface area contributed by atoms with Crippen molar-refractivity contribution in [1.82, 2.24) is 4.57 Å². The molecule has 0 radical (unpaired) electrons. The molecule has 2 N–H and O–H groups in total. The number of carbonyl (C=O) groups excluding carboxylic acids is 2. The van der Waals surface area contributed by atoms with E-state index in [1.165, 1.54) is 4.57 Å². The van der Waals surface area contributed by atoms with Crippen molar-refractivity contribution in [3.05, 3.63) is 12.2 Å². The van der Waals surface area contributed by atoms with E-state index in [9.17, 15) is 9.59 Å². The van der Waals surface area contributed by atoms with Gasteiger partial charge in [-0.2, -0.15) is 0 Å². The van der Waals surface area contributed by atoms with E-state index in [0.717, 1.165) is 0 Å². The van der Waals surface area contributed by atoms with E-state index in [0.29, 0.717) is 0 Å². The second kappa shape index (κ2) is 9.82. The molecule has 0 aliphatic heterocycles. The number of esters is 1. The first-order chi connectivity index (χ1) is 12.3. The molecule has 0 aliphatic rings. The van der Waals surface area contributed by atoms with E-state index in [2.05, 4.69) is 6.58 Å². The van der Waals surface area contributed by atoms with Crippen LogP contribution < -0.4 is 5.73 Å². The summed E-state index contributed by atoms with van der Waals surface area (Å²) >= 11 is 0. The summed E-state index contributed by atoms with van der Waals surface area (Å²) in [6.45, 7) is 23.2. The van der Waals surface area contributed by atoms with Crippen LogP contribution in [0.3, 0.4) is 0 Å². The summed E-state index contributed by atoms with van der Waals surface area (Å²) in [5.41, 5.74) is 6.01. The maximum absolute atomic E-state index is 12.4. The van der Waals surface area contributed by atoms with Crippen molar-refractivity contribution in [2.75, 3.05) is 13.2 Å². The van der Waals surface area contributed by atoms with Crippen molar-refractivity contribution in [3.8, 4) is 0 Å². The standard InChI is InChI=1S/C16H38N2O6Si4/c1-14(2)15(19)21-13-12-18(16(17)20)28(22-25(3,4)5,23-26(6,7)8)24-27(9,10)11/h1,12-13H2,2-11H3,(H2,17,20). The molecule has 0 aromatic carbocycles. The lowest BCUT2D eigenvalue weighted by atomic mass is 10.4. The molecule has 2 amide bonds. The van der Waals surface area contributed by atoms with Gasteiger partial charge in [-0.1, -0.05) is 6.58 Å². The van der Waals surface area contributed by atoms with E-state index in [1.54, 1.807) is 6.92 Å². The number of rotatable bonds is 11. The van der Waals surface area contributed by atoms with E-state index in [-0.39, 0.29) is 18.7 Å². The van der Waals surface area contributed by atoms with Crippen LogP contribution in [0.25, 0.3) is 0 Å². The predicted octanol–water partition coefficient (Wildman–Crippen LogP) is 3.48. The minimum atomic E-state index is -3.66. The van der Waals surface area contributed by atoms with Crippen LogP contribution in [-0.2, 0) is 21.9 Å². The van der Waals surface area contributed by atoms with Crippen molar-refractivity contribution >= 4 is 45.9 Å². The topological polar surface area (TPSA) is 100 Å². The fourth-order valence-corrected chi connectivity index (χ4v) is 15.0. The Morgan fingerprint density at radius 2 is 1.21 bits per heavy atom. The Balaban J connectivity index is 6.08. The quantitative estimate of drug-likeness (QED) is 0.284. The normalized spacial score (nSPS) is 13.2. The van der Waals surface area contributed by atoms with Crippen LogP contribution in [0.15, 0.2) is 12.2 Å². The van der Waals surface area contributed by atoms with E-state index >= 15 is 0 Å². The lowest BCUT2D eigenvalue weighted by Crippen LogP contribution is -2.72. The van der Waals surface area contributed by atoms with Crippen LogP contribution >= 0.6 is 0 Å². The third kappa shape index (κ3) is 10.7. The Hall–Kier alpha value is -0.772. The molecule has 0 bridgehead atoms. The highest BCUT2D eigenvalue weighted by atomic mass is 28.5. The molecule has 0 aromatic rings. The molecule has 0 saturated carbocycles. The first-order valence-corrected chi connectivity index (χ1v) is 21.2. The molecule has 0 atom stereocenters. The molecule has 8 nitrogen and oxygen atoms in total. The number of hydrogen-bond acceptors (Lipinski definition) is 6. The number of amides is 2. The van der Waals surface area contributed by atoms with Crippen LogP contribution in [0.2, 0.25) is 58.9 Å². The fraction of sp³-hybridized carbons (Fsp3) is 0.750. The summed E-state index contributed by atoms with van der Waals surface area (Å²) in [5.74, 6) is -0.528. The van der Waals surface area contributed by atoms with Gasteiger partial charge in [0.15, 0.2) is 25.0 Å². The van der Waals surface area contributed by atoms with Gasteiger partial charge in [-0.15, -0.1) is 0 Å². The van der Waals surface area contributed by atoms with Gasteiger partial charge in [-0.25, -0.2) is 9.59 Å². The minimum absolute atomic E-state index is 0.0278. The Morgan fingerprint density at radius 1 is 0.857 bits per heavy atom. The molecule has 0 saturated heterocycles. The molecule has 0 aromatic heterocycles. The smallest absolute Gasteiger partial charge is 0.460 e. The fourth-order valence-electron chi connectivity index (χ4n) is 2.12. The van der Waals surface area contributed by atoms with Gasteiger partial charge >= 0.3 is 21.0 Å². The van der Waals surface area contributed by atoms with Gasteiger partial charge in [-0.05, 0) is 65.8 Å². The number of primary amides is 1. The highest BCUT2D eigenvalue weighted by molar-refractivity contribution is 6.89. The van der Waals surface area contributed by atoms with Gasteiger partial charge in [0.05, 0.1) is 6.54 Å². The monoisotopic (exact) mass is 466 g/mol. The lowest BCUT2D eigenvalue weighted by molar-refractivity contribution is -0.139. The van der Waals surface area contributed by atoms with Crippen molar-refractivity contribution in [3.63, 3.8) is 0 Å². The Labute approximate surface area is 174 Å². The molecule has 28 heavy (non-hydrogen) atoms. The van der Waals surface area contributed by atoms with Crippen molar-refractivity contribution in [2.24, 2.45) is 5.73 Å². The zero-order valence-corrected chi connectivity index (χ0v) is 23.1. The molecule has 0 fully saturated rings. The first kappa shape index (κ1) is 27.2. The molecule has 0 unspecified atom stereocenters. The third-order valence-corrected chi connectivity index (χ3v) is 14.3. The number of carbonyl (C=O) groups is 2. The molecule has 0 heterocycles. The van der Waals surface area contributed by atoms with E-state index in [1.807, 2.05) is 58.9 Å². The second-order valence-electron chi connectivity index (χ2n) is 9.57. The van der Waals surface area contributed by atoms with Crippen molar-refractivity contribution in [1.29, 1.82) is 0 Å². The summed E-state index contributed by atoms with van der Waals surface area (Å²) in [6, 6.07) is -0.715. The SMILES string of the molecule is C=C(C)C(=O)OCCN(C(N)=O)[Si](O[Si](C)(C)C)(O[Si](C)(C)C)O[Si](C)(C)C. The largest absolute Gasteiger partial charge is 0.605 e. The first-order valence-electron chi connectivity index (χ1n) is 9.28. The molecular formula is C16H38N2O6Si4. The number of nitrogens with zero attached hydrogens (tertiary/aromatic N) is 1. The van der Waals surface area contributed by atoms with Gasteiger partial charge < -0.3 is 22.8 Å². The highest BCUT2D eigenvalue weighted by Crippen LogP contribution is 2.28. The summed E-state index contributed by atoms with van der Waals surface area (Å²) in [6.07, 6.45) is 0. The minimum Gasteiger partial charge on any atom is -0.460 e. The van der Waals surface area contributed by atoms with Gasteiger partial charge in [0.2, 0.25) is 0 Å². The average molecular weight is 467 g/mol. The Kier molecular flexibility index (Phi) is 9.55. The van der Waals surface area contributed by atoms with Crippen LogP contribution in [0, 0.1) is 0 Å². The third-order valence-electron chi connectivity index (χ3n) is 2.80. The number of hydrogen-bond donors (Lipinski definition) is 1. The van der Waals surface area contributed by atoms with Crippen LogP contribution in [0.5, 0.6) is 0 Å². The van der Waals surface area contributed by atoms with E-state index < -0.39 is 45.9 Å². The van der Waals surface area contributed by atoms with Crippen molar-refractivity contribution < 1.29 is 26.7 Å². The Bertz CT molecular complexity index is 540. The maximum atomic E-state index is 12.4. The zero-order chi connectivity index (χ0) is 22.6. The van der Waals surface area contributed by atoms with Gasteiger partial charge in [-0.3, -0.25) is 4.57 Å². The second-order valence-corrected chi connectivity index (χ2v) is 26.3. The van der Waals surface area contributed by atoms with Crippen molar-refractivity contribution in [2.45, 2.75) is 65.8 Å². The van der Waals surface area contributed by atoms with Crippen LogP contribution in [-0.4, -0.2) is 63.6 Å². The molecule has 0 rings (SSSR count). The van der Waals surface area contributed by atoms with Gasteiger partial charge in [0.1, 0.15) is 6.61 Å². The summed E-state index contributed by atoms with van der Waals surface area (Å²) in [5, 5.41) is 0.